The highest BCUT2D eigenvalue weighted by atomic mass is 19.4. The third-order valence-corrected chi connectivity index (χ3v) is 4.20. The molecule has 3 N–H and O–H groups in total. The molecule has 0 aromatic carbocycles. The highest BCUT2D eigenvalue weighted by molar-refractivity contribution is 5.89. The van der Waals surface area contributed by atoms with Crippen molar-refractivity contribution in [3.63, 3.8) is 0 Å². The van der Waals surface area contributed by atoms with Crippen molar-refractivity contribution in [1.82, 2.24) is 9.88 Å². The number of nitrogens with one attached hydrogen (secondary N) is 2. The normalized spacial score (nSPS) is 21.4. The summed E-state index contributed by atoms with van der Waals surface area (Å²) in [5.41, 5.74) is -2.34. The number of carbonyl (C=O) groups excluding carboxylic acids is 1. The molecule has 1 aromatic rings. The van der Waals surface area contributed by atoms with Crippen molar-refractivity contribution in [3.8, 4) is 0 Å². The maximum atomic E-state index is 12.7. The Morgan fingerprint density at radius 3 is 2.71 bits per heavy atom. The zero-order valence-electron chi connectivity index (χ0n) is 13.2. The lowest BCUT2D eigenvalue weighted by atomic mass is 9.86. The van der Waals surface area contributed by atoms with Gasteiger partial charge in [0.05, 0.1) is 11.7 Å². The van der Waals surface area contributed by atoms with E-state index in [9.17, 15) is 27.9 Å². The zero-order valence-corrected chi connectivity index (χ0v) is 13.2. The fourth-order valence-corrected chi connectivity index (χ4v) is 2.79. The van der Waals surface area contributed by atoms with Crippen LogP contribution in [-0.2, 0) is 6.18 Å². The highest BCUT2D eigenvalue weighted by Gasteiger charge is 2.32. The maximum Gasteiger partial charge on any atom is 0.417 e. The maximum absolute atomic E-state index is 12.7. The van der Waals surface area contributed by atoms with Gasteiger partial charge in [0, 0.05) is 25.7 Å². The molecule has 6 nitrogen and oxygen atoms in total. The van der Waals surface area contributed by atoms with Crippen LogP contribution < -0.4 is 10.9 Å². The molecule has 0 aliphatic heterocycles. The summed E-state index contributed by atoms with van der Waals surface area (Å²) in [7, 11) is 1.47. The lowest BCUT2D eigenvalue weighted by Gasteiger charge is -2.31. The minimum atomic E-state index is -4.62. The summed E-state index contributed by atoms with van der Waals surface area (Å²) in [6.07, 6.45) is -1.21. The Bertz CT molecular complexity index is 645. The highest BCUT2D eigenvalue weighted by Crippen LogP contribution is 2.29. The van der Waals surface area contributed by atoms with Crippen LogP contribution in [0.4, 0.5) is 23.7 Å². The van der Waals surface area contributed by atoms with Gasteiger partial charge in [0.25, 0.3) is 5.56 Å². The van der Waals surface area contributed by atoms with E-state index in [2.05, 4.69) is 5.32 Å². The van der Waals surface area contributed by atoms with Crippen LogP contribution in [0.3, 0.4) is 0 Å². The fourth-order valence-electron chi connectivity index (χ4n) is 2.79. The monoisotopic (exact) mass is 347 g/mol. The Kier molecular flexibility index (Phi) is 5.53. The summed E-state index contributed by atoms with van der Waals surface area (Å²) < 4.78 is 38.0. The Morgan fingerprint density at radius 2 is 2.08 bits per heavy atom. The van der Waals surface area contributed by atoms with Crippen LogP contribution in [0.25, 0.3) is 0 Å². The van der Waals surface area contributed by atoms with Gasteiger partial charge in [-0.1, -0.05) is 12.8 Å². The third-order valence-electron chi connectivity index (χ3n) is 4.20. The van der Waals surface area contributed by atoms with Crippen LogP contribution in [0.15, 0.2) is 17.1 Å². The Balaban J connectivity index is 2.04. The number of aromatic amines is 1. The number of hydrogen-bond acceptors (Lipinski definition) is 3. The first-order valence-corrected chi connectivity index (χ1v) is 7.68. The molecule has 1 aromatic heterocycles. The largest absolute Gasteiger partial charge is 0.417 e. The Morgan fingerprint density at radius 1 is 1.42 bits per heavy atom. The summed E-state index contributed by atoms with van der Waals surface area (Å²) in [6, 6.07) is -0.0994. The number of pyridine rings is 1. The molecule has 9 heteroatoms. The number of carbonyl (C=O) groups is 1. The predicted molar refractivity (Wildman–Crippen MR) is 81.7 cm³/mol. The van der Waals surface area contributed by atoms with Gasteiger partial charge in [-0.05, 0) is 18.9 Å². The average Bonchev–Trinajstić information content (AvgIpc) is 2.50. The molecule has 2 unspecified atom stereocenters. The number of H-pyrrole nitrogens is 1. The Hall–Kier alpha value is -2.03. The van der Waals surface area contributed by atoms with E-state index >= 15 is 0 Å². The first kappa shape index (κ1) is 18.3. The molecule has 2 amide bonds. The van der Waals surface area contributed by atoms with Gasteiger partial charge < -0.3 is 20.3 Å². The molecule has 0 saturated heterocycles. The molecule has 2 atom stereocenters. The van der Waals surface area contributed by atoms with Crippen molar-refractivity contribution in [3.05, 3.63) is 28.2 Å². The zero-order chi connectivity index (χ0) is 17.9. The molecule has 0 spiro atoms. The van der Waals surface area contributed by atoms with Crippen LogP contribution in [0.1, 0.15) is 31.2 Å². The second-order valence-corrected chi connectivity index (χ2v) is 6.05. The van der Waals surface area contributed by atoms with Gasteiger partial charge in [-0.3, -0.25) is 4.79 Å². The topological polar surface area (TPSA) is 85.4 Å². The fraction of sp³-hybridized carbons (Fsp3) is 0.600. The number of rotatable bonds is 3. The van der Waals surface area contributed by atoms with Crippen LogP contribution in [0.2, 0.25) is 0 Å². The van der Waals surface area contributed by atoms with Gasteiger partial charge in [0.15, 0.2) is 0 Å². The number of halogens is 3. The van der Waals surface area contributed by atoms with E-state index < -0.39 is 35.1 Å². The molecule has 1 aliphatic rings. The summed E-state index contributed by atoms with van der Waals surface area (Å²) >= 11 is 0. The molecule has 1 fully saturated rings. The van der Waals surface area contributed by atoms with Crippen molar-refractivity contribution >= 4 is 11.7 Å². The van der Waals surface area contributed by atoms with Crippen LogP contribution >= 0.6 is 0 Å². The number of aliphatic hydroxyl groups excluding tert-OH is 1. The number of alkyl halides is 3. The number of nitrogens with zero attached hydrogens (tertiary/aromatic N) is 1. The summed E-state index contributed by atoms with van der Waals surface area (Å²) in [4.78, 5) is 26.9. The van der Waals surface area contributed by atoms with Crippen molar-refractivity contribution in [1.29, 1.82) is 0 Å². The third kappa shape index (κ3) is 4.50. The second-order valence-electron chi connectivity index (χ2n) is 6.05. The molecule has 1 aliphatic carbocycles. The van der Waals surface area contributed by atoms with Crippen LogP contribution in [-0.4, -0.2) is 40.7 Å². The van der Waals surface area contributed by atoms with E-state index in [1.54, 1.807) is 0 Å². The number of amides is 2. The molecule has 0 bridgehead atoms. The van der Waals surface area contributed by atoms with Gasteiger partial charge in [-0.2, -0.15) is 13.2 Å². The lowest BCUT2D eigenvalue weighted by Crippen LogP contribution is -2.40. The first-order valence-electron chi connectivity index (χ1n) is 7.68. The van der Waals surface area contributed by atoms with Crippen molar-refractivity contribution in [2.75, 3.05) is 18.9 Å². The Labute approximate surface area is 136 Å². The number of aromatic nitrogens is 1. The van der Waals surface area contributed by atoms with E-state index in [1.165, 1.54) is 11.9 Å². The van der Waals surface area contributed by atoms with Crippen molar-refractivity contribution in [2.45, 2.75) is 38.0 Å². The summed E-state index contributed by atoms with van der Waals surface area (Å²) in [6.45, 7) is 0.268. The van der Waals surface area contributed by atoms with Crippen molar-refractivity contribution < 1.29 is 23.1 Å². The predicted octanol–water partition coefficient (Wildman–Crippen LogP) is 2.41. The summed E-state index contributed by atoms with van der Waals surface area (Å²) in [5, 5.41) is 12.1. The van der Waals surface area contributed by atoms with E-state index in [1.807, 2.05) is 4.98 Å². The second kappa shape index (κ2) is 7.25. The van der Waals surface area contributed by atoms with E-state index in [0.717, 1.165) is 19.3 Å². The SMILES string of the molecule is CN(CC1CCCCC1O)C(=O)Nc1cc(C(F)(F)F)c[nH]c1=O. The number of aliphatic hydroxyl groups is 1. The van der Waals surface area contributed by atoms with Crippen LogP contribution in [0, 0.1) is 5.92 Å². The first-order chi connectivity index (χ1) is 11.2. The molecule has 0 radical (unpaired) electrons. The number of hydrogen-bond donors (Lipinski definition) is 3. The minimum absolute atomic E-state index is 0.0747. The molecular formula is C15H20F3N3O3. The number of anilines is 1. The standard InChI is InChI=1S/C15H20F3N3O3/c1-21(8-9-4-2-3-5-12(9)22)14(24)20-11-6-10(15(16,17)18)7-19-13(11)23/h6-7,9,12,22H,2-5,8H2,1H3,(H,19,23)(H,20,24). The van der Waals surface area contributed by atoms with Gasteiger partial charge in [-0.15, -0.1) is 0 Å². The van der Waals surface area contributed by atoms with E-state index in [-0.39, 0.29) is 12.5 Å². The van der Waals surface area contributed by atoms with Gasteiger partial charge in [-0.25, -0.2) is 4.79 Å². The molecule has 1 saturated carbocycles. The molecule has 24 heavy (non-hydrogen) atoms. The lowest BCUT2D eigenvalue weighted by molar-refractivity contribution is -0.137. The summed E-state index contributed by atoms with van der Waals surface area (Å²) in [5.74, 6) is -0.0747. The van der Waals surface area contributed by atoms with Gasteiger partial charge in [0.2, 0.25) is 0 Å². The number of urea groups is 1. The minimum Gasteiger partial charge on any atom is -0.393 e. The smallest absolute Gasteiger partial charge is 0.393 e. The molecular weight excluding hydrogens is 327 g/mol. The quantitative estimate of drug-likeness (QED) is 0.785. The molecule has 134 valence electrons. The van der Waals surface area contributed by atoms with Gasteiger partial charge >= 0.3 is 12.2 Å². The average molecular weight is 347 g/mol. The van der Waals surface area contributed by atoms with Crippen LogP contribution in [0.5, 0.6) is 0 Å². The van der Waals surface area contributed by atoms with E-state index in [4.69, 9.17) is 0 Å². The van der Waals surface area contributed by atoms with Crippen molar-refractivity contribution in [2.24, 2.45) is 5.92 Å². The van der Waals surface area contributed by atoms with Gasteiger partial charge in [0.1, 0.15) is 5.69 Å². The molecule has 1 heterocycles. The van der Waals surface area contributed by atoms with E-state index in [0.29, 0.717) is 18.7 Å². The molecule has 2 rings (SSSR count).